The number of carboxylic acid groups (broad SMARTS) is 1. The van der Waals surface area contributed by atoms with Gasteiger partial charge in [0.05, 0.1) is 25.4 Å². The highest BCUT2D eigenvalue weighted by atomic mass is 32.1. The average molecular weight is 498 g/mol. The van der Waals surface area contributed by atoms with Crippen LogP contribution < -0.4 is 20.9 Å². The maximum absolute atomic E-state index is 14.9. The molecule has 0 aliphatic carbocycles. The molecule has 34 heavy (non-hydrogen) atoms. The molecule has 0 radical (unpaired) electrons. The number of halogens is 2. The Balaban J connectivity index is 1.43. The van der Waals surface area contributed by atoms with Crippen molar-refractivity contribution in [3.63, 3.8) is 0 Å². The molecule has 4 N–H and O–H groups in total. The van der Waals surface area contributed by atoms with E-state index in [9.17, 15) is 23.2 Å². The number of anilines is 3. The summed E-state index contributed by atoms with van der Waals surface area (Å²) in [6, 6.07) is 1.38. The lowest BCUT2D eigenvalue weighted by molar-refractivity contribution is -0.100. The lowest BCUT2D eigenvalue weighted by atomic mass is 10.2. The molecule has 15 heteroatoms. The first-order valence-electron chi connectivity index (χ1n) is 10.1. The second-order valence-corrected chi connectivity index (χ2v) is 8.16. The van der Waals surface area contributed by atoms with Gasteiger partial charge in [-0.1, -0.05) is 0 Å². The number of hydroxylamine groups is 2. The van der Waals surface area contributed by atoms with Gasteiger partial charge in [0.2, 0.25) is 0 Å². The van der Waals surface area contributed by atoms with Crippen LogP contribution in [0.5, 0.6) is 0 Å². The fourth-order valence-electron chi connectivity index (χ4n) is 3.48. The van der Waals surface area contributed by atoms with E-state index in [1.54, 1.807) is 0 Å². The van der Waals surface area contributed by atoms with Gasteiger partial charge < -0.3 is 20.5 Å². The van der Waals surface area contributed by atoms with E-state index in [1.165, 1.54) is 10.3 Å². The van der Waals surface area contributed by atoms with Crippen LogP contribution in [0.15, 0.2) is 17.5 Å². The Morgan fingerprint density at radius 3 is 2.62 bits per heavy atom. The molecule has 0 unspecified atom stereocenters. The normalized spacial score (nSPS) is 18.6. The van der Waals surface area contributed by atoms with Gasteiger partial charge in [-0.25, -0.2) is 33.2 Å². The summed E-state index contributed by atoms with van der Waals surface area (Å²) < 4.78 is 34.9. The number of cyclic esters (lactones) is 1. The number of rotatable bonds is 5. The van der Waals surface area contributed by atoms with Crippen LogP contribution in [-0.2, 0) is 9.57 Å². The number of carbonyl (C=O) groups excluding carboxylic acids is 2. The molecule has 2 aliphatic rings. The third-order valence-corrected chi connectivity index (χ3v) is 5.87. The van der Waals surface area contributed by atoms with Crippen molar-refractivity contribution in [2.75, 3.05) is 54.4 Å². The molecule has 2 aliphatic heterocycles. The smallest absolute Gasteiger partial charge is 0.414 e. The lowest BCUT2D eigenvalue weighted by Gasteiger charge is -2.24. The number of hydrogen-bond acceptors (Lipinski definition) is 9. The van der Waals surface area contributed by atoms with Gasteiger partial charge in [0.1, 0.15) is 11.8 Å². The van der Waals surface area contributed by atoms with E-state index in [4.69, 9.17) is 20.4 Å². The van der Waals surface area contributed by atoms with Crippen LogP contribution in [0.3, 0.4) is 0 Å². The molecule has 4 rings (SSSR count). The number of carbonyl (C=O) groups is 3. The van der Waals surface area contributed by atoms with Crippen LogP contribution in [0, 0.1) is 11.6 Å². The standard InChI is InChI=1S/C19H20F2N6O6S/c20-12-5-10(26-8-11(7-22)33-19(26)31)6-13(21)15(12)25-1-2-27(32-4-3-25)18(30)24-17-23-14(9-34-17)16(28)29/h5-6,9,11H,1-4,7-8,22H2,(H,28,29)(H,23,24,30)/t11-/m0/s1. The second-order valence-electron chi connectivity index (χ2n) is 7.31. The minimum absolute atomic E-state index is 0.0101. The van der Waals surface area contributed by atoms with Crippen molar-refractivity contribution in [1.82, 2.24) is 10.0 Å². The molecule has 0 saturated carbocycles. The first-order chi connectivity index (χ1) is 16.3. The van der Waals surface area contributed by atoms with Gasteiger partial charge >= 0.3 is 18.1 Å². The number of urea groups is 1. The Hall–Kier alpha value is -3.56. The highest BCUT2D eigenvalue weighted by Crippen LogP contribution is 2.31. The van der Waals surface area contributed by atoms with Gasteiger partial charge in [-0.05, 0) is 0 Å². The number of thiazole rings is 1. The Kier molecular flexibility index (Phi) is 6.76. The van der Waals surface area contributed by atoms with Crippen molar-refractivity contribution in [2.24, 2.45) is 5.73 Å². The van der Waals surface area contributed by atoms with Crippen molar-refractivity contribution in [1.29, 1.82) is 0 Å². The topological polar surface area (TPSA) is 151 Å². The molecule has 2 saturated heterocycles. The number of nitrogens with zero attached hydrogens (tertiary/aromatic N) is 4. The molecule has 182 valence electrons. The maximum atomic E-state index is 14.9. The Morgan fingerprint density at radius 2 is 2.00 bits per heavy atom. The molecule has 3 amide bonds. The molecule has 3 heterocycles. The fourth-order valence-corrected chi connectivity index (χ4v) is 4.16. The molecule has 1 aromatic heterocycles. The number of ether oxygens (including phenoxy) is 1. The van der Waals surface area contributed by atoms with E-state index in [0.29, 0.717) is 0 Å². The van der Waals surface area contributed by atoms with E-state index in [0.717, 1.165) is 33.4 Å². The molecular formula is C19H20F2N6O6S. The monoisotopic (exact) mass is 498 g/mol. The SMILES string of the molecule is NC[C@H]1CN(c2cc(F)c(N3CCON(C(=O)Nc4nc(C(=O)O)cs4)CC3)c(F)c2)C(=O)O1. The number of aromatic nitrogens is 1. The van der Waals surface area contributed by atoms with Crippen LogP contribution in [0.25, 0.3) is 0 Å². The van der Waals surface area contributed by atoms with Crippen LogP contribution in [-0.4, -0.2) is 78.7 Å². The average Bonchev–Trinajstić information content (AvgIpc) is 3.33. The van der Waals surface area contributed by atoms with Crippen molar-refractivity contribution in [3.8, 4) is 0 Å². The Bertz CT molecular complexity index is 1090. The van der Waals surface area contributed by atoms with Crippen molar-refractivity contribution in [3.05, 3.63) is 34.8 Å². The molecule has 0 bridgehead atoms. The number of carboxylic acids is 1. The molecule has 2 aromatic rings. The number of aromatic carboxylic acids is 1. The van der Waals surface area contributed by atoms with Crippen LogP contribution in [0.2, 0.25) is 0 Å². The third kappa shape index (κ3) is 4.85. The Labute approximate surface area is 195 Å². The van der Waals surface area contributed by atoms with Crippen LogP contribution in [0.4, 0.5) is 34.9 Å². The highest BCUT2D eigenvalue weighted by molar-refractivity contribution is 7.14. The number of nitrogens with two attached hydrogens (primary N) is 1. The summed E-state index contributed by atoms with van der Waals surface area (Å²) >= 11 is 0.931. The molecular weight excluding hydrogens is 478 g/mol. The summed E-state index contributed by atoms with van der Waals surface area (Å²) in [6.45, 7) is 0.204. The van der Waals surface area contributed by atoms with Gasteiger partial charge in [-0.2, -0.15) is 0 Å². The van der Waals surface area contributed by atoms with E-state index in [-0.39, 0.29) is 61.5 Å². The van der Waals surface area contributed by atoms with E-state index < -0.39 is 35.8 Å². The van der Waals surface area contributed by atoms with Crippen molar-refractivity contribution < 1.29 is 37.8 Å². The van der Waals surface area contributed by atoms with E-state index in [2.05, 4.69) is 10.3 Å². The van der Waals surface area contributed by atoms with Gasteiger partial charge in [0, 0.05) is 37.1 Å². The van der Waals surface area contributed by atoms with Crippen molar-refractivity contribution >= 4 is 45.9 Å². The first-order valence-corrected chi connectivity index (χ1v) is 11.0. The zero-order valence-electron chi connectivity index (χ0n) is 17.6. The number of hydrogen-bond donors (Lipinski definition) is 3. The summed E-state index contributed by atoms with van der Waals surface area (Å²) in [6.07, 6.45) is -1.29. The van der Waals surface area contributed by atoms with E-state index in [1.807, 2.05) is 0 Å². The number of amides is 3. The summed E-state index contributed by atoms with van der Waals surface area (Å²) in [5.41, 5.74) is 4.98. The summed E-state index contributed by atoms with van der Waals surface area (Å²) in [5, 5.41) is 13.7. The zero-order chi connectivity index (χ0) is 24.4. The molecule has 12 nitrogen and oxygen atoms in total. The van der Waals surface area contributed by atoms with Gasteiger partial charge in [-0.15, -0.1) is 11.3 Å². The van der Waals surface area contributed by atoms with Gasteiger partial charge in [0.15, 0.2) is 22.5 Å². The molecule has 1 aromatic carbocycles. The van der Waals surface area contributed by atoms with Gasteiger partial charge in [0.25, 0.3) is 0 Å². The Morgan fingerprint density at radius 1 is 1.26 bits per heavy atom. The van der Waals surface area contributed by atoms with E-state index >= 15 is 0 Å². The first kappa shape index (κ1) is 23.6. The minimum Gasteiger partial charge on any atom is -0.476 e. The molecule has 1 atom stereocenters. The largest absolute Gasteiger partial charge is 0.476 e. The number of benzene rings is 1. The summed E-state index contributed by atoms with van der Waals surface area (Å²) in [5.74, 6) is -3.00. The lowest BCUT2D eigenvalue weighted by Crippen LogP contribution is -2.37. The molecule has 2 fully saturated rings. The summed E-state index contributed by atoms with van der Waals surface area (Å²) in [7, 11) is 0. The highest BCUT2D eigenvalue weighted by Gasteiger charge is 2.33. The maximum Gasteiger partial charge on any atom is 0.414 e. The van der Waals surface area contributed by atoms with Crippen LogP contribution >= 0.6 is 11.3 Å². The fraction of sp³-hybridized carbons (Fsp3) is 0.368. The van der Waals surface area contributed by atoms with Crippen molar-refractivity contribution in [2.45, 2.75) is 6.10 Å². The summed E-state index contributed by atoms with van der Waals surface area (Å²) in [4.78, 5) is 47.0. The second kappa shape index (κ2) is 9.74. The predicted molar refractivity (Wildman–Crippen MR) is 116 cm³/mol. The number of nitrogens with one attached hydrogen (secondary N) is 1. The molecule has 0 spiro atoms. The third-order valence-electron chi connectivity index (χ3n) is 5.11. The van der Waals surface area contributed by atoms with Gasteiger partial charge in [-0.3, -0.25) is 15.1 Å². The minimum atomic E-state index is -1.23. The van der Waals surface area contributed by atoms with Crippen LogP contribution in [0.1, 0.15) is 10.5 Å². The zero-order valence-corrected chi connectivity index (χ0v) is 18.4. The predicted octanol–water partition coefficient (Wildman–Crippen LogP) is 1.69. The quantitative estimate of drug-likeness (QED) is 0.559.